The third kappa shape index (κ3) is 3.11. The maximum atomic E-state index is 5.88. The van der Waals surface area contributed by atoms with Gasteiger partial charge in [-0.1, -0.05) is 12.8 Å². The molecule has 0 aromatic rings. The van der Waals surface area contributed by atoms with Gasteiger partial charge in [0.05, 0.1) is 12.1 Å². The molecular formula is C12H23N3O. The number of nitrogens with two attached hydrogens (primary N) is 1. The summed E-state index contributed by atoms with van der Waals surface area (Å²) in [7, 11) is 0. The van der Waals surface area contributed by atoms with Crippen LogP contribution in [0.15, 0.2) is 4.99 Å². The van der Waals surface area contributed by atoms with E-state index >= 15 is 0 Å². The Hall–Kier alpha value is -0.770. The molecule has 0 spiro atoms. The fraction of sp³-hybridized carbons (Fsp3) is 0.917. The van der Waals surface area contributed by atoms with Crippen molar-refractivity contribution in [2.45, 2.75) is 63.6 Å². The van der Waals surface area contributed by atoms with Crippen LogP contribution in [0.4, 0.5) is 0 Å². The predicted octanol–water partition coefficient (Wildman–Crippen LogP) is 1.40. The molecule has 0 amide bonds. The van der Waals surface area contributed by atoms with Crippen molar-refractivity contribution in [2.75, 3.05) is 6.61 Å². The van der Waals surface area contributed by atoms with Gasteiger partial charge in [0.25, 0.3) is 0 Å². The summed E-state index contributed by atoms with van der Waals surface area (Å²) in [5.41, 5.74) is 5.88. The Labute approximate surface area is 97.6 Å². The molecule has 2 rings (SSSR count). The SMILES string of the molecule is CCOC1CC(NC(N)=NC2CCCC2)C1. The Morgan fingerprint density at radius 1 is 1.38 bits per heavy atom. The molecule has 0 aromatic carbocycles. The highest BCUT2D eigenvalue weighted by Crippen LogP contribution is 2.23. The van der Waals surface area contributed by atoms with Gasteiger partial charge >= 0.3 is 0 Å². The summed E-state index contributed by atoms with van der Waals surface area (Å²) in [6, 6.07) is 0.942. The molecule has 0 heterocycles. The van der Waals surface area contributed by atoms with Gasteiger partial charge in [0.1, 0.15) is 0 Å². The normalized spacial score (nSPS) is 31.4. The van der Waals surface area contributed by atoms with E-state index in [1.807, 2.05) is 6.92 Å². The molecule has 0 aromatic heterocycles. The number of rotatable bonds is 4. The van der Waals surface area contributed by atoms with Crippen LogP contribution < -0.4 is 11.1 Å². The number of guanidine groups is 1. The standard InChI is InChI=1S/C12H23N3O/c1-2-16-11-7-10(8-11)15-12(13)14-9-5-3-4-6-9/h9-11H,2-8H2,1H3,(H3,13,14,15). The Morgan fingerprint density at radius 3 is 2.69 bits per heavy atom. The van der Waals surface area contributed by atoms with Gasteiger partial charge in [-0.15, -0.1) is 0 Å². The van der Waals surface area contributed by atoms with Crippen molar-refractivity contribution in [3.63, 3.8) is 0 Å². The molecule has 92 valence electrons. The maximum Gasteiger partial charge on any atom is 0.189 e. The monoisotopic (exact) mass is 225 g/mol. The second kappa shape index (κ2) is 5.53. The highest BCUT2D eigenvalue weighted by atomic mass is 16.5. The van der Waals surface area contributed by atoms with Gasteiger partial charge < -0.3 is 15.8 Å². The first-order valence-corrected chi connectivity index (χ1v) is 6.49. The van der Waals surface area contributed by atoms with E-state index < -0.39 is 0 Å². The summed E-state index contributed by atoms with van der Waals surface area (Å²) in [5.74, 6) is 0.631. The lowest BCUT2D eigenvalue weighted by Crippen LogP contribution is -2.50. The van der Waals surface area contributed by atoms with E-state index in [-0.39, 0.29) is 0 Å². The molecule has 0 unspecified atom stereocenters. The lowest BCUT2D eigenvalue weighted by atomic mass is 9.89. The highest BCUT2D eigenvalue weighted by molar-refractivity contribution is 5.78. The zero-order valence-electron chi connectivity index (χ0n) is 10.1. The first kappa shape index (κ1) is 11.7. The fourth-order valence-corrected chi connectivity index (χ4v) is 2.53. The molecule has 3 N–H and O–H groups in total. The Kier molecular flexibility index (Phi) is 4.04. The smallest absolute Gasteiger partial charge is 0.189 e. The molecule has 16 heavy (non-hydrogen) atoms. The molecule has 0 atom stereocenters. The van der Waals surface area contributed by atoms with Crippen LogP contribution in [0.2, 0.25) is 0 Å². The van der Waals surface area contributed by atoms with Crippen molar-refractivity contribution in [3.8, 4) is 0 Å². The van der Waals surface area contributed by atoms with Crippen molar-refractivity contribution in [1.82, 2.24) is 5.32 Å². The number of nitrogens with zero attached hydrogens (tertiary/aromatic N) is 1. The van der Waals surface area contributed by atoms with Gasteiger partial charge in [-0.3, -0.25) is 4.99 Å². The van der Waals surface area contributed by atoms with Gasteiger partial charge in [0, 0.05) is 12.6 Å². The van der Waals surface area contributed by atoms with E-state index in [2.05, 4.69) is 10.3 Å². The minimum absolute atomic E-state index is 0.432. The summed E-state index contributed by atoms with van der Waals surface area (Å²) in [6.45, 7) is 2.85. The van der Waals surface area contributed by atoms with E-state index in [9.17, 15) is 0 Å². The summed E-state index contributed by atoms with van der Waals surface area (Å²) in [6.07, 6.45) is 7.57. The average Bonchev–Trinajstić information content (AvgIpc) is 2.67. The largest absolute Gasteiger partial charge is 0.378 e. The predicted molar refractivity (Wildman–Crippen MR) is 65.5 cm³/mol. The molecule has 4 heteroatoms. The van der Waals surface area contributed by atoms with Crippen LogP contribution >= 0.6 is 0 Å². The van der Waals surface area contributed by atoms with Crippen LogP contribution in [0.3, 0.4) is 0 Å². The molecule has 0 bridgehead atoms. The summed E-state index contributed by atoms with van der Waals surface area (Å²) >= 11 is 0. The summed E-state index contributed by atoms with van der Waals surface area (Å²) in [4.78, 5) is 4.51. The fourth-order valence-electron chi connectivity index (χ4n) is 2.53. The van der Waals surface area contributed by atoms with Crippen molar-refractivity contribution in [2.24, 2.45) is 10.7 Å². The second-order valence-electron chi connectivity index (χ2n) is 4.84. The molecule has 0 saturated heterocycles. The van der Waals surface area contributed by atoms with E-state index in [0.717, 1.165) is 19.4 Å². The third-order valence-corrected chi connectivity index (χ3v) is 3.50. The Balaban J connectivity index is 1.66. The number of nitrogens with one attached hydrogen (secondary N) is 1. The van der Waals surface area contributed by atoms with E-state index in [0.29, 0.717) is 24.1 Å². The molecular weight excluding hydrogens is 202 g/mol. The van der Waals surface area contributed by atoms with Crippen LogP contribution in [-0.2, 0) is 4.74 Å². The van der Waals surface area contributed by atoms with Crippen molar-refractivity contribution >= 4 is 5.96 Å². The molecule has 2 fully saturated rings. The van der Waals surface area contributed by atoms with Crippen molar-refractivity contribution in [3.05, 3.63) is 0 Å². The second-order valence-corrected chi connectivity index (χ2v) is 4.84. The molecule has 2 aliphatic rings. The van der Waals surface area contributed by atoms with Crippen LogP contribution in [0, 0.1) is 0 Å². The first-order valence-electron chi connectivity index (χ1n) is 6.49. The zero-order chi connectivity index (χ0) is 11.4. The molecule has 2 saturated carbocycles. The van der Waals surface area contributed by atoms with Gasteiger partial charge in [-0.25, -0.2) is 0 Å². The third-order valence-electron chi connectivity index (χ3n) is 3.50. The van der Waals surface area contributed by atoms with Crippen LogP contribution in [0.25, 0.3) is 0 Å². The van der Waals surface area contributed by atoms with Gasteiger partial charge in [-0.05, 0) is 32.6 Å². The van der Waals surface area contributed by atoms with Crippen LogP contribution in [0.5, 0.6) is 0 Å². The highest BCUT2D eigenvalue weighted by Gasteiger charge is 2.29. The topological polar surface area (TPSA) is 59.6 Å². The van der Waals surface area contributed by atoms with Gasteiger partial charge in [-0.2, -0.15) is 0 Å². The zero-order valence-corrected chi connectivity index (χ0v) is 10.1. The molecule has 4 nitrogen and oxygen atoms in total. The quantitative estimate of drug-likeness (QED) is 0.561. The van der Waals surface area contributed by atoms with Crippen LogP contribution in [0.1, 0.15) is 45.4 Å². The minimum atomic E-state index is 0.432. The number of aliphatic imine (C=N–C) groups is 1. The van der Waals surface area contributed by atoms with Crippen molar-refractivity contribution in [1.29, 1.82) is 0 Å². The lowest BCUT2D eigenvalue weighted by Gasteiger charge is -2.35. The molecule has 2 aliphatic carbocycles. The number of hydrogen-bond acceptors (Lipinski definition) is 2. The maximum absolute atomic E-state index is 5.88. The Bertz CT molecular complexity index is 243. The van der Waals surface area contributed by atoms with E-state index in [1.54, 1.807) is 0 Å². The van der Waals surface area contributed by atoms with Crippen molar-refractivity contribution < 1.29 is 4.74 Å². The van der Waals surface area contributed by atoms with E-state index in [1.165, 1.54) is 25.7 Å². The molecule has 0 aliphatic heterocycles. The lowest BCUT2D eigenvalue weighted by molar-refractivity contribution is -0.00567. The Morgan fingerprint density at radius 2 is 2.06 bits per heavy atom. The average molecular weight is 225 g/mol. The number of hydrogen-bond donors (Lipinski definition) is 2. The van der Waals surface area contributed by atoms with Crippen LogP contribution in [-0.4, -0.2) is 30.8 Å². The van der Waals surface area contributed by atoms with Gasteiger partial charge in [0.2, 0.25) is 0 Å². The first-order chi connectivity index (χ1) is 7.78. The van der Waals surface area contributed by atoms with E-state index in [4.69, 9.17) is 10.5 Å². The number of ether oxygens (including phenoxy) is 1. The van der Waals surface area contributed by atoms with Gasteiger partial charge in [0.15, 0.2) is 5.96 Å². The minimum Gasteiger partial charge on any atom is -0.378 e. The summed E-state index contributed by atoms with van der Waals surface area (Å²) < 4.78 is 5.50. The molecule has 0 radical (unpaired) electrons. The summed E-state index contributed by atoms with van der Waals surface area (Å²) in [5, 5.41) is 3.28.